The van der Waals surface area contributed by atoms with Crippen LogP contribution in [0, 0.1) is 0 Å². The number of aromatic nitrogens is 5. The predicted molar refractivity (Wildman–Crippen MR) is 112 cm³/mol. The molecule has 0 unspecified atom stereocenters. The van der Waals surface area contributed by atoms with Gasteiger partial charge in [0.05, 0.1) is 12.6 Å². The second kappa shape index (κ2) is 10.8. The highest BCUT2D eigenvalue weighted by atomic mass is 32.1. The number of ether oxygens (including phenoxy) is 1. The van der Waals surface area contributed by atoms with Crippen molar-refractivity contribution in [2.45, 2.75) is 38.6 Å². The molecule has 2 aromatic heterocycles. The van der Waals surface area contributed by atoms with Gasteiger partial charge in [-0.3, -0.25) is 14.3 Å². The number of rotatable bonds is 10. The van der Waals surface area contributed by atoms with E-state index in [1.54, 1.807) is 10.9 Å². The van der Waals surface area contributed by atoms with E-state index in [9.17, 15) is 22.8 Å². The Bertz CT molecular complexity index is 1100. The number of carbonyl (C=O) groups excluding carboxylic acids is 2. The van der Waals surface area contributed by atoms with E-state index in [1.165, 1.54) is 30.5 Å². The Hall–Kier alpha value is -3.55. The molecule has 0 spiro atoms. The summed E-state index contributed by atoms with van der Waals surface area (Å²) in [4.78, 5) is 23.7. The van der Waals surface area contributed by atoms with E-state index >= 15 is 0 Å². The van der Waals surface area contributed by atoms with Gasteiger partial charge in [-0.15, -0.1) is 28.5 Å². The van der Waals surface area contributed by atoms with E-state index in [0.29, 0.717) is 23.7 Å². The monoisotopic (exact) mass is 483 g/mol. The first-order valence-electron chi connectivity index (χ1n) is 9.81. The minimum absolute atomic E-state index is 0.139. The van der Waals surface area contributed by atoms with Gasteiger partial charge in [-0.25, -0.2) is 0 Å². The largest absolute Gasteiger partial charge is 0.573 e. The number of nitrogens with zero attached hydrogens (tertiary/aromatic N) is 5. The van der Waals surface area contributed by atoms with Crippen LogP contribution in [-0.2, 0) is 24.2 Å². The van der Waals surface area contributed by atoms with Crippen LogP contribution in [0.15, 0.2) is 30.5 Å². The van der Waals surface area contributed by atoms with Crippen molar-refractivity contribution in [3.63, 3.8) is 0 Å². The summed E-state index contributed by atoms with van der Waals surface area (Å²) < 4.78 is 42.4. The lowest BCUT2D eigenvalue weighted by atomic mass is 10.1. The third-order valence-corrected chi connectivity index (χ3v) is 5.13. The Morgan fingerprint density at radius 3 is 2.76 bits per heavy atom. The number of carbonyl (C=O) groups is 2. The number of amides is 2. The van der Waals surface area contributed by atoms with Gasteiger partial charge in [0.15, 0.2) is 5.69 Å². The molecule has 0 radical (unpaired) electrons. The van der Waals surface area contributed by atoms with Gasteiger partial charge in [0.25, 0.3) is 5.91 Å². The minimum atomic E-state index is -4.80. The molecule has 3 aromatic rings. The second-order valence-corrected chi connectivity index (χ2v) is 7.89. The normalized spacial score (nSPS) is 11.3. The summed E-state index contributed by atoms with van der Waals surface area (Å²) in [6.07, 6.45) is -1.17. The molecule has 0 aliphatic carbocycles. The topological polar surface area (TPSA) is 124 Å². The molecule has 176 valence electrons. The first-order valence-corrected chi connectivity index (χ1v) is 10.6. The Balaban J connectivity index is 1.42. The van der Waals surface area contributed by atoms with Gasteiger partial charge < -0.3 is 15.4 Å². The summed E-state index contributed by atoms with van der Waals surface area (Å²) in [7, 11) is 1.52. The fraction of sp³-hybridized carbons (Fsp3) is 0.368. The smallest absolute Gasteiger partial charge is 0.406 e. The first-order chi connectivity index (χ1) is 15.7. The first kappa shape index (κ1) is 24.1. The standard InChI is InChI=1S/C19H20F3N7O3S/c1-23-17(31)14-11-29(28-25-14)8-3-2-7-16-26-27-18(33-16)24-15(30)10-12-5-4-6-13(9-12)32-19(20,21)22/h4-6,9,11H,2-3,7-8,10H2,1H3,(H,23,31)(H,24,27,30). The van der Waals surface area contributed by atoms with Crippen LogP contribution < -0.4 is 15.4 Å². The molecule has 14 heteroatoms. The third kappa shape index (κ3) is 7.82. The van der Waals surface area contributed by atoms with Crippen molar-refractivity contribution in [2.24, 2.45) is 0 Å². The summed E-state index contributed by atoms with van der Waals surface area (Å²) >= 11 is 1.22. The average Bonchev–Trinajstić information content (AvgIpc) is 3.39. The van der Waals surface area contributed by atoms with E-state index < -0.39 is 12.3 Å². The zero-order chi connectivity index (χ0) is 23.8. The third-order valence-electron chi connectivity index (χ3n) is 4.24. The van der Waals surface area contributed by atoms with Crippen LogP contribution in [0.5, 0.6) is 5.75 Å². The summed E-state index contributed by atoms with van der Waals surface area (Å²) in [6.45, 7) is 0.587. The molecular formula is C19H20F3N7O3S. The SMILES string of the molecule is CNC(=O)c1cn(CCCCc2nnc(NC(=O)Cc3cccc(OC(F)(F)F)c3)s2)nn1. The zero-order valence-electron chi connectivity index (χ0n) is 17.4. The number of halogens is 3. The number of hydrogen-bond acceptors (Lipinski definition) is 8. The number of unbranched alkanes of at least 4 members (excludes halogenated alkanes) is 1. The highest BCUT2D eigenvalue weighted by Gasteiger charge is 2.31. The lowest BCUT2D eigenvalue weighted by Gasteiger charge is -2.09. The number of nitrogens with one attached hydrogen (secondary N) is 2. The van der Waals surface area contributed by atoms with Crippen molar-refractivity contribution in [3.05, 3.63) is 46.7 Å². The van der Waals surface area contributed by atoms with Gasteiger partial charge in [-0.05, 0) is 30.5 Å². The fourth-order valence-corrected chi connectivity index (χ4v) is 3.59. The van der Waals surface area contributed by atoms with Crippen molar-refractivity contribution in [1.29, 1.82) is 0 Å². The van der Waals surface area contributed by atoms with E-state index in [1.807, 2.05) is 0 Å². The molecular weight excluding hydrogens is 463 g/mol. The van der Waals surface area contributed by atoms with Crippen molar-refractivity contribution in [3.8, 4) is 5.75 Å². The highest BCUT2D eigenvalue weighted by molar-refractivity contribution is 7.15. The van der Waals surface area contributed by atoms with Crippen molar-refractivity contribution >= 4 is 28.3 Å². The van der Waals surface area contributed by atoms with Crippen LogP contribution in [0.4, 0.5) is 18.3 Å². The molecule has 10 nitrogen and oxygen atoms in total. The summed E-state index contributed by atoms with van der Waals surface area (Å²) in [5.41, 5.74) is 0.619. The predicted octanol–water partition coefficient (Wildman–Crippen LogP) is 2.59. The summed E-state index contributed by atoms with van der Waals surface area (Å²) in [5, 5.41) is 21.8. The lowest BCUT2D eigenvalue weighted by Crippen LogP contribution is -2.18. The van der Waals surface area contributed by atoms with Crippen LogP contribution in [0.25, 0.3) is 0 Å². The van der Waals surface area contributed by atoms with Gasteiger partial charge in [0, 0.05) is 20.0 Å². The van der Waals surface area contributed by atoms with E-state index in [0.717, 1.165) is 30.0 Å². The minimum Gasteiger partial charge on any atom is -0.406 e. The van der Waals surface area contributed by atoms with Gasteiger partial charge in [0.1, 0.15) is 10.8 Å². The number of alkyl halides is 3. The molecule has 2 heterocycles. The average molecular weight is 483 g/mol. The molecule has 0 bridgehead atoms. The molecule has 0 atom stereocenters. The number of benzene rings is 1. The van der Waals surface area contributed by atoms with E-state index in [4.69, 9.17) is 0 Å². The molecule has 1 aromatic carbocycles. The highest BCUT2D eigenvalue weighted by Crippen LogP contribution is 2.24. The molecule has 0 fully saturated rings. The van der Waals surface area contributed by atoms with E-state index in [2.05, 4.69) is 35.9 Å². The maximum Gasteiger partial charge on any atom is 0.573 e. The molecule has 33 heavy (non-hydrogen) atoms. The van der Waals surface area contributed by atoms with Crippen LogP contribution in [-0.4, -0.2) is 50.4 Å². The molecule has 2 N–H and O–H groups in total. The van der Waals surface area contributed by atoms with Crippen LogP contribution >= 0.6 is 11.3 Å². The Morgan fingerprint density at radius 1 is 1.18 bits per heavy atom. The van der Waals surface area contributed by atoms with Gasteiger partial charge in [-0.2, -0.15) is 0 Å². The maximum atomic E-state index is 12.3. The van der Waals surface area contributed by atoms with Gasteiger partial charge in [-0.1, -0.05) is 28.7 Å². The molecule has 0 saturated carbocycles. The molecule has 0 aliphatic rings. The Morgan fingerprint density at radius 2 is 2.00 bits per heavy atom. The maximum absolute atomic E-state index is 12.3. The summed E-state index contributed by atoms with van der Waals surface area (Å²) in [6, 6.07) is 5.23. The molecule has 0 aliphatic heterocycles. The van der Waals surface area contributed by atoms with Crippen molar-refractivity contribution in [2.75, 3.05) is 12.4 Å². The second-order valence-electron chi connectivity index (χ2n) is 6.82. The number of aryl methyl sites for hydroxylation is 2. The van der Waals surface area contributed by atoms with E-state index in [-0.39, 0.29) is 23.8 Å². The quantitative estimate of drug-likeness (QED) is 0.425. The lowest BCUT2D eigenvalue weighted by molar-refractivity contribution is -0.274. The Kier molecular flexibility index (Phi) is 7.92. The van der Waals surface area contributed by atoms with Crippen molar-refractivity contribution in [1.82, 2.24) is 30.5 Å². The zero-order valence-corrected chi connectivity index (χ0v) is 18.2. The Labute approximate surface area is 190 Å². The number of anilines is 1. The molecule has 0 saturated heterocycles. The van der Waals surface area contributed by atoms with Crippen LogP contribution in [0.1, 0.15) is 33.9 Å². The molecule has 3 rings (SSSR count). The van der Waals surface area contributed by atoms with Gasteiger partial charge >= 0.3 is 6.36 Å². The van der Waals surface area contributed by atoms with Crippen molar-refractivity contribution < 1.29 is 27.5 Å². The summed E-state index contributed by atoms with van der Waals surface area (Å²) in [5.74, 6) is -1.12. The fourth-order valence-electron chi connectivity index (χ4n) is 2.80. The van der Waals surface area contributed by atoms with Crippen LogP contribution in [0.3, 0.4) is 0 Å². The van der Waals surface area contributed by atoms with Crippen LogP contribution in [0.2, 0.25) is 0 Å². The van der Waals surface area contributed by atoms with Gasteiger partial charge in [0.2, 0.25) is 11.0 Å². The number of hydrogen-bond donors (Lipinski definition) is 2. The molecule has 2 amide bonds.